The Labute approximate surface area is 114 Å². The molecule has 0 heterocycles. The molecule has 0 saturated carbocycles. The zero-order valence-electron chi connectivity index (χ0n) is 10.6. The first-order valence-corrected chi connectivity index (χ1v) is 5.72. The van der Waals surface area contributed by atoms with E-state index < -0.39 is 11.8 Å². The van der Waals surface area contributed by atoms with Crippen LogP contribution >= 0.6 is 0 Å². The summed E-state index contributed by atoms with van der Waals surface area (Å²) in [6.45, 7) is 1.74. The molecule has 0 aliphatic carbocycles. The van der Waals surface area contributed by atoms with Crippen LogP contribution in [0.25, 0.3) is 0 Å². The molecule has 0 aliphatic heterocycles. The summed E-state index contributed by atoms with van der Waals surface area (Å²) in [5.41, 5.74) is 0.774. The fraction of sp³-hybridized carbons (Fsp3) is 0.0667. The van der Waals surface area contributed by atoms with Crippen molar-refractivity contribution in [3.05, 3.63) is 58.9 Å². The molecule has 4 nitrogen and oxygen atoms in total. The highest BCUT2D eigenvalue weighted by Crippen LogP contribution is 2.28. The van der Waals surface area contributed by atoms with Crippen molar-refractivity contribution < 1.29 is 19.0 Å². The number of carboxylic acid groups (broad SMARTS) is 1. The summed E-state index contributed by atoms with van der Waals surface area (Å²) >= 11 is 0. The van der Waals surface area contributed by atoms with E-state index in [0.717, 1.165) is 0 Å². The molecule has 1 N–H and O–H groups in total. The van der Waals surface area contributed by atoms with Crippen LogP contribution in [0.1, 0.15) is 21.5 Å². The zero-order valence-corrected chi connectivity index (χ0v) is 10.6. The van der Waals surface area contributed by atoms with Crippen molar-refractivity contribution in [2.24, 2.45) is 0 Å². The van der Waals surface area contributed by atoms with Crippen molar-refractivity contribution in [1.82, 2.24) is 0 Å². The number of hydrogen-bond donors (Lipinski definition) is 1. The van der Waals surface area contributed by atoms with Crippen molar-refractivity contribution in [2.45, 2.75) is 6.92 Å². The molecular weight excluding hydrogens is 261 g/mol. The zero-order chi connectivity index (χ0) is 14.7. The molecule has 0 fully saturated rings. The van der Waals surface area contributed by atoms with Gasteiger partial charge in [0.05, 0.1) is 11.1 Å². The first-order chi connectivity index (χ1) is 9.51. The number of rotatable bonds is 3. The molecule has 0 aromatic heterocycles. The standard InChI is InChI=1S/C15H10FNO3/c1-9-2-4-12(16)7-14(9)20-13-5-3-10(15(18)19)6-11(13)8-17/h2-7H,1H3,(H,18,19). The van der Waals surface area contributed by atoms with Gasteiger partial charge in [0.15, 0.2) is 0 Å². The minimum atomic E-state index is -1.13. The number of ether oxygens (including phenoxy) is 1. The minimum Gasteiger partial charge on any atom is -0.478 e. The van der Waals surface area contributed by atoms with Crippen LogP contribution in [0.4, 0.5) is 4.39 Å². The molecule has 0 radical (unpaired) electrons. The number of halogens is 1. The highest BCUT2D eigenvalue weighted by atomic mass is 19.1. The molecule has 5 heteroatoms. The van der Waals surface area contributed by atoms with Crippen molar-refractivity contribution in [1.29, 1.82) is 5.26 Å². The number of carboxylic acids is 1. The summed E-state index contributed by atoms with van der Waals surface area (Å²) in [7, 11) is 0. The van der Waals surface area contributed by atoms with Crippen molar-refractivity contribution in [3.63, 3.8) is 0 Å². The molecule has 0 atom stereocenters. The number of nitriles is 1. The van der Waals surface area contributed by atoms with E-state index in [1.165, 1.54) is 30.3 Å². The summed E-state index contributed by atoms with van der Waals surface area (Å²) in [5, 5.41) is 17.9. The van der Waals surface area contributed by atoms with E-state index in [1.807, 2.05) is 6.07 Å². The van der Waals surface area contributed by atoms with Gasteiger partial charge in [-0.15, -0.1) is 0 Å². The van der Waals surface area contributed by atoms with Crippen LogP contribution in [0, 0.1) is 24.1 Å². The van der Waals surface area contributed by atoms with Crippen LogP contribution in [-0.4, -0.2) is 11.1 Å². The van der Waals surface area contributed by atoms with E-state index in [-0.39, 0.29) is 22.6 Å². The Hall–Kier alpha value is -2.87. The van der Waals surface area contributed by atoms with Gasteiger partial charge in [-0.05, 0) is 36.8 Å². The van der Waals surface area contributed by atoms with Crippen molar-refractivity contribution >= 4 is 5.97 Å². The Kier molecular flexibility index (Phi) is 3.67. The monoisotopic (exact) mass is 271 g/mol. The second-order valence-electron chi connectivity index (χ2n) is 4.14. The normalized spacial score (nSPS) is 9.85. The molecule has 2 aromatic carbocycles. The highest BCUT2D eigenvalue weighted by Gasteiger charge is 2.11. The average molecular weight is 271 g/mol. The third-order valence-electron chi connectivity index (χ3n) is 2.72. The fourth-order valence-corrected chi connectivity index (χ4v) is 1.64. The predicted molar refractivity (Wildman–Crippen MR) is 69.3 cm³/mol. The van der Waals surface area contributed by atoms with E-state index in [0.29, 0.717) is 5.56 Å². The van der Waals surface area contributed by atoms with Crippen LogP contribution in [-0.2, 0) is 0 Å². The third kappa shape index (κ3) is 2.75. The van der Waals surface area contributed by atoms with E-state index >= 15 is 0 Å². The Morgan fingerprint density at radius 1 is 1.25 bits per heavy atom. The smallest absolute Gasteiger partial charge is 0.335 e. The summed E-state index contributed by atoms with van der Waals surface area (Å²) < 4.78 is 18.7. The van der Waals surface area contributed by atoms with Crippen LogP contribution in [0.5, 0.6) is 11.5 Å². The van der Waals surface area contributed by atoms with Gasteiger partial charge in [-0.2, -0.15) is 5.26 Å². The molecule has 2 rings (SSSR count). The van der Waals surface area contributed by atoms with E-state index in [2.05, 4.69) is 0 Å². The van der Waals surface area contributed by atoms with Crippen LogP contribution < -0.4 is 4.74 Å². The van der Waals surface area contributed by atoms with Crippen LogP contribution in [0.2, 0.25) is 0 Å². The van der Waals surface area contributed by atoms with E-state index in [1.54, 1.807) is 13.0 Å². The van der Waals surface area contributed by atoms with Gasteiger partial charge in [-0.25, -0.2) is 9.18 Å². The van der Waals surface area contributed by atoms with Gasteiger partial charge in [0.1, 0.15) is 23.4 Å². The second-order valence-corrected chi connectivity index (χ2v) is 4.14. The first kappa shape index (κ1) is 13.6. The lowest BCUT2D eigenvalue weighted by Crippen LogP contribution is -1.98. The number of nitrogens with zero attached hydrogens (tertiary/aromatic N) is 1. The summed E-state index contributed by atoms with van der Waals surface area (Å²) in [4.78, 5) is 10.8. The number of aromatic carboxylic acids is 1. The molecular formula is C15H10FNO3. The lowest BCUT2D eigenvalue weighted by atomic mass is 10.1. The maximum atomic E-state index is 13.2. The number of benzene rings is 2. The molecule has 0 bridgehead atoms. The summed E-state index contributed by atoms with van der Waals surface area (Å²) in [6, 6.07) is 9.86. The fourth-order valence-electron chi connectivity index (χ4n) is 1.64. The minimum absolute atomic E-state index is 0.00939. The lowest BCUT2D eigenvalue weighted by Gasteiger charge is -2.10. The molecule has 20 heavy (non-hydrogen) atoms. The van der Waals surface area contributed by atoms with Gasteiger partial charge in [-0.3, -0.25) is 0 Å². The molecule has 100 valence electrons. The quantitative estimate of drug-likeness (QED) is 0.927. The number of aryl methyl sites for hydroxylation is 1. The molecule has 0 spiro atoms. The molecule has 2 aromatic rings. The van der Waals surface area contributed by atoms with E-state index in [9.17, 15) is 9.18 Å². The average Bonchev–Trinajstić information content (AvgIpc) is 2.43. The number of carbonyl (C=O) groups is 1. The van der Waals surface area contributed by atoms with Gasteiger partial charge >= 0.3 is 5.97 Å². The van der Waals surface area contributed by atoms with Crippen molar-refractivity contribution in [2.75, 3.05) is 0 Å². The first-order valence-electron chi connectivity index (χ1n) is 5.72. The van der Waals surface area contributed by atoms with E-state index in [4.69, 9.17) is 15.1 Å². The third-order valence-corrected chi connectivity index (χ3v) is 2.72. The van der Waals surface area contributed by atoms with Gasteiger partial charge in [0.25, 0.3) is 0 Å². The highest BCUT2D eigenvalue weighted by molar-refractivity contribution is 5.88. The summed E-state index contributed by atoms with van der Waals surface area (Å²) in [5.74, 6) is -1.11. The predicted octanol–water partition coefficient (Wildman–Crippen LogP) is 3.50. The Balaban J connectivity index is 2.41. The van der Waals surface area contributed by atoms with Crippen LogP contribution in [0.3, 0.4) is 0 Å². The molecule has 0 amide bonds. The molecule has 0 saturated heterocycles. The van der Waals surface area contributed by atoms with Gasteiger partial charge in [-0.1, -0.05) is 6.07 Å². The second kappa shape index (κ2) is 5.41. The maximum absolute atomic E-state index is 13.2. The maximum Gasteiger partial charge on any atom is 0.335 e. The van der Waals surface area contributed by atoms with Crippen LogP contribution in [0.15, 0.2) is 36.4 Å². The Morgan fingerprint density at radius 2 is 2.00 bits per heavy atom. The SMILES string of the molecule is Cc1ccc(F)cc1Oc1ccc(C(=O)O)cc1C#N. The Bertz CT molecular complexity index is 720. The number of hydrogen-bond acceptors (Lipinski definition) is 3. The van der Waals surface area contributed by atoms with Crippen molar-refractivity contribution in [3.8, 4) is 17.6 Å². The lowest BCUT2D eigenvalue weighted by molar-refractivity contribution is 0.0697. The van der Waals surface area contributed by atoms with Gasteiger partial charge in [0, 0.05) is 6.07 Å². The van der Waals surface area contributed by atoms with Gasteiger partial charge < -0.3 is 9.84 Å². The topological polar surface area (TPSA) is 70.3 Å². The largest absolute Gasteiger partial charge is 0.478 e. The summed E-state index contributed by atoms with van der Waals surface area (Å²) in [6.07, 6.45) is 0. The molecule has 0 unspecified atom stereocenters. The Morgan fingerprint density at radius 3 is 2.65 bits per heavy atom. The van der Waals surface area contributed by atoms with Gasteiger partial charge in [0.2, 0.25) is 0 Å². The molecule has 0 aliphatic rings.